The normalized spacial score (nSPS) is 11.5. The summed E-state index contributed by atoms with van der Waals surface area (Å²) in [7, 11) is 0. The molecule has 0 spiro atoms. The predicted octanol–water partition coefficient (Wildman–Crippen LogP) is 2.81. The van der Waals surface area contributed by atoms with Crippen molar-refractivity contribution in [2.75, 3.05) is 0 Å². The molecule has 0 amide bonds. The Balaban J connectivity index is 2.68. The summed E-state index contributed by atoms with van der Waals surface area (Å²) in [6.45, 7) is 1.37. The Labute approximate surface area is 120 Å². The number of non-ortho nitro benzene ring substituents is 1. The summed E-state index contributed by atoms with van der Waals surface area (Å²) in [5, 5.41) is 22.9. The molecule has 0 aliphatic heterocycles. The monoisotopic (exact) mass is 315 g/mol. The van der Waals surface area contributed by atoms with Crippen molar-refractivity contribution in [2.24, 2.45) is 0 Å². The second-order valence-electron chi connectivity index (χ2n) is 4.35. The number of aromatic carboxylic acids is 1. The van der Waals surface area contributed by atoms with E-state index in [0.717, 1.165) is 18.2 Å². The standard InChI is InChI=1S/C12H8F3N3O4/c1-6-4-7(18(21)22)2-3-9(6)17-10(12(13,14)15)8(5-16-17)11(19)20/h2-5H,1H3,(H,19,20). The zero-order valence-electron chi connectivity index (χ0n) is 11.0. The van der Waals surface area contributed by atoms with Crippen LogP contribution in [0.1, 0.15) is 21.6 Å². The summed E-state index contributed by atoms with van der Waals surface area (Å²) >= 11 is 0. The number of aromatic nitrogens is 2. The van der Waals surface area contributed by atoms with Crippen molar-refractivity contribution in [2.45, 2.75) is 13.1 Å². The average molecular weight is 315 g/mol. The molecule has 0 saturated heterocycles. The Morgan fingerprint density at radius 3 is 2.50 bits per heavy atom. The number of carbonyl (C=O) groups is 1. The van der Waals surface area contributed by atoms with Crippen molar-refractivity contribution in [3.05, 3.63) is 51.3 Å². The summed E-state index contributed by atoms with van der Waals surface area (Å²) in [6, 6.07) is 3.18. The molecule has 1 N–H and O–H groups in total. The van der Waals surface area contributed by atoms with Gasteiger partial charge in [-0.1, -0.05) is 0 Å². The third-order valence-corrected chi connectivity index (χ3v) is 2.89. The van der Waals surface area contributed by atoms with Crippen molar-refractivity contribution in [3.63, 3.8) is 0 Å². The second kappa shape index (κ2) is 5.13. The number of carboxylic acids is 1. The molecule has 7 nitrogen and oxygen atoms in total. The first kappa shape index (κ1) is 15.5. The molecule has 0 aliphatic rings. The van der Waals surface area contributed by atoms with Crippen LogP contribution < -0.4 is 0 Å². The van der Waals surface area contributed by atoms with Crippen LogP contribution in [0.4, 0.5) is 18.9 Å². The molecule has 2 rings (SSSR count). The lowest BCUT2D eigenvalue weighted by Crippen LogP contribution is -2.17. The maximum Gasteiger partial charge on any atom is 0.434 e. The van der Waals surface area contributed by atoms with E-state index in [1.54, 1.807) is 0 Å². The Hall–Kier alpha value is -2.91. The van der Waals surface area contributed by atoms with Crippen LogP contribution in [0.3, 0.4) is 0 Å². The number of alkyl halides is 3. The quantitative estimate of drug-likeness (QED) is 0.693. The summed E-state index contributed by atoms with van der Waals surface area (Å²) in [6.07, 6.45) is -4.36. The number of hydrogen-bond donors (Lipinski definition) is 1. The van der Waals surface area contributed by atoms with Crippen molar-refractivity contribution in [1.29, 1.82) is 0 Å². The first-order valence-electron chi connectivity index (χ1n) is 5.77. The van der Waals surface area contributed by atoms with Gasteiger partial charge in [0.25, 0.3) is 5.69 Å². The number of nitrogens with zero attached hydrogens (tertiary/aromatic N) is 3. The molecular formula is C12H8F3N3O4. The van der Waals surface area contributed by atoms with Gasteiger partial charge in [-0.3, -0.25) is 10.1 Å². The van der Waals surface area contributed by atoms with Gasteiger partial charge >= 0.3 is 12.1 Å². The molecule has 0 radical (unpaired) electrons. The van der Waals surface area contributed by atoms with Crippen LogP contribution in [0.15, 0.2) is 24.4 Å². The highest BCUT2D eigenvalue weighted by molar-refractivity contribution is 5.89. The number of hydrogen-bond acceptors (Lipinski definition) is 4. The van der Waals surface area contributed by atoms with E-state index in [-0.39, 0.29) is 16.9 Å². The molecule has 10 heteroatoms. The summed E-state index contributed by atoms with van der Waals surface area (Å²) in [5.74, 6) is -1.77. The van der Waals surface area contributed by atoms with Gasteiger partial charge in [0.15, 0.2) is 5.69 Å². The van der Waals surface area contributed by atoms with Gasteiger partial charge in [-0.15, -0.1) is 0 Å². The van der Waals surface area contributed by atoms with E-state index in [9.17, 15) is 28.1 Å². The Morgan fingerprint density at radius 2 is 2.05 bits per heavy atom. The fourth-order valence-electron chi connectivity index (χ4n) is 1.95. The van der Waals surface area contributed by atoms with Gasteiger partial charge in [0, 0.05) is 12.1 Å². The number of nitro benzene ring substituents is 1. The van der Waals surface area contributed by atoms with Gasteiger partial charge < -0.3 is 5.11 Å². The van der Waals surface area contributed by atoms with Crippen LogP contribution in [0.25, 0.3) is 5.69 Å². The van der Waals surface area contributed by atoms with E-state index < -0.39 is 28.3 Å². The summed E-state index contributed by atoms with van der Waals surface area (Å²) in [4.78, 5) is 20.9. The number of carboxylic acid groups (broad SMARTS) is 1. The van der Waals surface area contributed by atoms with Gasteiger partial charge in [0.1, 0.15) is 5.56 Å². The number of benzene rings is 1. The van der Waals surface area contributed by atoms with Gasteiger partial charge in [0.05, 0.1) is 16.8 Å². The molecule has 2 aromatic rings. The molecule has 1 heterocycles. The highest BCUT2D eigenvalue weighted by Gasteiger charge is 2.40. The zero-order valence-corrected chi connectivity index (χ0v) is 11.0. The second-order valence-corrected chi connectivity index (χ2v) is 4.35. The van der Waals surface area contributed by atoms with Crippen molar-refractivity contribution < 1.29 is 28.0 Å². The number of aryl methyl sites for hydroxylation is 1. The van der Waals surface area contributed by atoms with Crippen LogP contribution >= 0.6 is 0 Å². The fraction of sp³-hybridized carbons (Fsp3) is 0.167. The molecular weight excluding hydrogens is 307 g/mol. The first-order valence-corrected chi connectivity index (χ1v) is 5.77. The van der Waals surface area contributed by atoms with Gasteiger partial charge in [0.2, 0.25) is 0 Å². The molecule has 0 fully saturated rings. The first-order chi connectivity index (χ1) is 10.1. The van der Waals surface area contributed by atoms with Crippen LogP contribution in [0.2, 0.25) is 0 Å². The summed E-state index contributed by atoms with van der Waals surface area (Å²) in [5.41, 5.74) is -2.67. The van der Waals surface area contributed by atoms with Crippen LogP contribution in [0, 0.1) is 17.0 Å². The zero-order chi connectivity index (χ0) is 16.7. The van der Waals surface area contributed by atoms with Crippen LogP contribution in [-0.2, 0) is 6.18 Å². The molecule has 116 valence electrons. The largest absolute Gasteiger partial charge is 0.478 e. The lowest BCUT2D eigenvalue weighted by Gasteiger charge is -2.13. The third-order valence-electron chi connectivity index (χ3n) is 2.89. The van der Waals surface area contributed by atoms with E-state index in [1.807, 2.05) is 0 Å². The summed E-state index contributed by atoms with van der Waals surface area (Å²) < 4.78 is 39.7. The number of nitro groups is 1. The smallest absolute Gasteiger partial charge is 0.434 e. The highest BCUT2D eigenvalue weighted by Crippen LogP contribution is 2.34. The fourth-order valence-corrected chi connectivity index (χ4v) is 1.95. The van der Waals surface area contributed by atoms with E-state index in [4.69, 9.17) is 5.11 Å². The molecule has 1 aromatic heterocycles. The topological polar surface area (TPSA) is 98.3 Å². The SMILES string of the molecule is Cc1cc([N+](=O)[O-])ccc1-n1ncc(C(=O)O)c1C(F)(F)F. The molecule has 0 atom stereocenters. The van der Waals surface area contributed by atoms with Crippen molar-refractivity contribution >= 4 is 11.7 Å². The number of halogens is 3. The maximum absolute atomic E-state index is 13.1. The minimum Gasteiger partial charge on any atom is -0.478 e. The molecule has 0 saturated carbocycles. The Morgan fingerprint density at radius 1 is 1.41 bits per heavy atom. The predicted molar refractivity (Wildman–Crippen MR) is 66.9 cm³/mol. The van der Waals surface area contributed by atoms with Crippen LogP contribution in [-0.4, -0.2) is 25.8 Å². The lowest BCUT2D eigenvalue weighted by molar-refractivity contribution is -0.384. The van der Waals surface area contributed by atoms with Crippen molar-refractivity contribution in [1.82, 2.24) is 9.78 Å². The molecule has 0 aliphatic carbocycles. The minimum absolute atomic E-state index is 0.0922. The number of rotatable bonds is 3. The van der Waals surface area contributed by atoms with E-state index in [0.29, 0.717) is 10.9 Å². The molecule has 22 heavy (non-hydrogen) atoms. The van der Waals surface area contributed by atoms with E-state index in [1.165, 1.54) is 6.92 Å². The minimum atomic E-state index is -4.95. The molecule has 0 bridgehead atoms. The van der Waals surface area contributed by atoms with Crippen molar-refractivity contribution in [3.8, 4) is 5.69 Å². The lowest BCUT2D eigenvalue weighted by atomic mass is 10.1. The Kier molecular flexibility index (Phi) is 3.61. The Bertz CT molecular complexity index is 767. The highest BCUT2D eigenvalue weighted by atomic mass is 19.4. The van der Waals surface area contributed by atoms with Gasteiger partial charge in [-0.25, -0.2) is 9.48 Å². The average Bonchev–Trinajstić information content (AvgIpc) is 2.83. The van der Waals surface area contributed by atoms with E-state index >= 15 is 0 Å². The molecule has 0 unspecified atom stereocenters. The third kappa shape index (κ3) is 2.62. The maximum atomic E-state index is 13.1. The molecule has 1 aromatic carbocycles. The van der Waals surface area contributed by atoms with E-state index in [2.05, 4.69) is 5.10 Å². The van der Waals surface area contributed by atoms with Crippen LogP contribution in [0.5, 0.6) is 0 Å². The van der Waals surface area contributed by atoms with Gasteiger partial charge in [-0.2, -0.15) is 18.3 Å². The van der Waals surface area contributed by atoms with Gasteiger partial charge in [-0.05, 0) is 18.6 Å².